The van der Waals surface area contributed by atoms with Crippen molar-refractivity contribution in [2.45, 2.75) is 18.5 Å². The third-order valence-corrected chi connectivity index (χ3v) is 4.84. The molecule has 110 valence electrons. The van der Waals surface area contributed by atoms with Crippen LogP contribution in [-0.4, -0.2) is 43.6 Å². The molecular weight excluding hydrogens is 290 g/mol. The Bertz CT molecular complexity index is 692. The highest BCUT2D eigenvalue weighted by atomic mass is 32.2. The van der Waals surface area contributed by atoms with Crippen molar-refractivity contribution in [3.8, 4) is 0 Å². The van der Waals surface area contributed by atoms with Crippen molar-refractivity contribution in [1.82, 2.24) is 14.9 Å². The average molecular weight is 305 g/mol. The molecule has 2 N–H and O–H groups in total. The van der Waals surface area contributed by atoms with Gasteiger partial charge in [0.2, 0.25) is 5.91 Å². The molecule has 3 rings (SSSR count). The fourth-order valence-corrected chi connectivity index (χ4v) is 3.81. The van der Waals surface area contributed by atoms with E-state index in [0.29, 0.717) is 12.2 Å². The van der Waals surface area contributed by atoms with Crippen LogP contribution in [-0.2, 0) is 16.1 Å². The van der Waals surface area contributed by atoms with E-state index < -0.39 is 11.5 Å². The third-order valence-electron chi connectivity index (χ3n) is 3.65. The maximum absolute atomic E-state index is 12.2. The van der Waals surface area contributed by atoms with Gasteiger partial charge in [0, 0.05) is 5.75 Å². The summed E-state index contributed by atoms with van der Waals surface area (Å²) < 4.78 is 1.72. The van der Waals surface area contributed by atoms with Gasteiger partial charge in [0.25, 0.3) is 0 Å². The number of thioether (sulfide) groups is 1. The van der Waals surface area contributed by atoms with Crippen molar-refractivity contribution in [2.24, 2.45) is 0 Å². The van der Waals surface area contributed by atoms with Gasteiger partial charge in [-0.25, -0.2) is 9.78 Å². The molecule has 1 amide bonds. The molecular formula is C14H15N3O3S. The smallest absolute Gasteiger partial charge is 0.330 e. The molecule has 0 radical (unpaired) electrons. The van der Waals surface area contributed by atoms with Crippen LogP contribution in [0.25, 0.3) is 11.0 Å². The summed E-state index contributed by atoms with van der Waals surface area (Å²) in [7, 11) is 0. The molecule has 1 atom stereocenters. The van der Waals surface area contributed by atoms with Crippen molar-refractivity contribution in [2.75, 3.05) is 11.5 Å². The van der Waals surface area contributed by atoms with E-state index in [1.807, 2.05) is 24.3 Å². The van der Waals surface area contributed by atoms with E-state index in [0.717, 1.165) is 16.8 Å². The molecule has 1 aromatic carbocycles. The van der Waals surface area contributed by atoms with Crippen molar-refractivity contribution in [3.05, 3.63) is 30.6 Å². The summed E-state index contributed by atoms with van der Waals surface area (Å²) in [6, 6.07) is 7.52. The number of nitrogens with one attached hydrogen (secondary N) is 1. The number of carbonyl (C=O) groups is 2. The van der Waals surface area contributed by atoms with Gasteiger partial charge in [0.1, 0.15) is 12.1 Å². The van der Waals surface area contributed by atoms with Crippen LogP contribution in [0.4, 0.5) is 0 Å². The fraction of sp³-hybridized carbons (Fsp3) is 0.357. The minimum absolute atomic E-state index is 0.0697. The lowest BCUT2D eigenvalue weighted by Crippen LogP contribution is -2.55. The summed E-state index contributed by atoms with van der Waals surface area (Å²) >= 11 is 1.55. The van der Waals surface area contributed by atoms with Gasteiger partial charge in [0.15, 0.2) is 0 Å². The number of carboxylic acid groups (broad SMARTS) is 1. The number of benzene rings is 1. The van der Waals surface area contributed by atoms with Gasteiger partial charge in [-0.2, -0.15) is 11.8 Å². The van der Waals surface area contributed by atoms with E-state index >= 15 is 0 Å². The van der Waals surface area contributed by atoms with E-state index in [2.05, 4.69) is 10.3 Å². The summed E-state index contributed by atoms with van der Waals surface area (Å²) in [4.78, 5) is 27.8. The summed E-state index contributed by atoms with van der Waals surface area (Å²) in [5.41, 5.74) is 0.547. The molecule has 0 spiro atoms. The van der Waals surface area contributed by atoms with Crippen LogP contribution in [0.15, 0.2) is 30.6 Å². The fourth-order valence-electron chi connectivity index (χ4n) is 2.48. The minimum atomic E-state index is -1.13. The Kier molecular flexibility index (Phi) is 3.59. The van der Waals surface area contributed by atoms with Gasteiger partial charge in [-0.05, 0) is 24.3 Å². The van der Waals surface area contributed by atoms with Gasteiger partial charge < -0.3 is 15.0 Å². The maximum Gasteiger partial charge on any atom is 0.330 e. The van der Waals surface area contributed by atoms with Gasteiger partial charge >= 0.3 is 5.97 Å². The van der Waals surface area contributed by atoms with Crippen molar-refractivity contribution < 1.29 is 14.7 Å². The van der Waals surface area contributed by atoms with Crippen LogP contribution < -0.4 is 5.32 Å². The molecule has 1 fully saturated rings. The van der Waals surface area contributed by atoms with Crippen LogP contribution in [0, 0.1) is 0 Å². The Morgan fingerprint density at radius 3 is 2.95 bits per heavy atom. The topological polar surface area (TPSA) is 84.2 Å². The quantitative estimate of drug-likeness (QED) is 0.884. The molecule has 1 aliphatic rings. The van der Waals surface area contributed by atoms with Crippen molar-refractivity contribution >= 4 is 34.7 Å². The first kappa shape index (κ1) is 13.9. The number of hydrogen-bond donors (Lipinski definition) is 2. The Labute approximate surface area is 125 Å². The number of hydrogen-bond acceptors (Lipinski definition) is 4. The SMILES string of the molecule is O=C(Cn1cnc2ccccc21)NC1(C(=O)O)CCSC1. The summed E-state index contributed by atoms with van der Waals surface area (Å²) in [5, 5.41) is 12.1. The van der Waals surface area contributed by atoms with E-state index in [9.17, 15) is 14.7 Å². The van der Waals surface area contributed by atoms with Crippen LogP contribution >= 0.6 is 11.8 Å². The molecule has 21 heavy (non-hydrogen) atoms. The normalized spacial score (nSPS) is 21.5. The molecule has 0 bridgehead atoms. The number of aromatic nitrogens is 2. The van der Waals surface area contributed by atoms with E-state index in [1.165, 1.54) is 0 Å². The zero-order chi connectivity index (χ0) is 14.9. The number of carboxylic acids is 1. The second-order valence-electron chi connectivity index (χ2n) is 5.10. The summed E-state index contributed by atoms with van der Waals surface area (Å²) in [5.74, 6) is -0.0984. The molecule has 1 aliphatic heterocycles. The van der Waals surface area contributed by atoms with E-state index in [4.69, 9.17) is 0 Å². The lowest BCUT2D eigenvalue weighted by Gasteiger charge is -2.24. The van der Waals surface area contributed by atoms with Crippen LogP contribution in [0.1, 0.15) is 6.42 Å². The maximum atomic E-state index is 12.2. The number of aliphatic carboxylic acids is 1. The van der Waals surface area contributed by atoms with E-state index in [-0.39, 0.29) is 12.5 Å². The Morgan fingerprint density at radius 2 is 2.24 bits per heavy atom. The predicted molar refractivity (Wildman–Crippen MR) is 80.2 cm³/mol. The van der Waals surface area contributed by atoms with Crippen molar-refractivity contribution in [1.29, 1.82) is 0 Å². The minimum Gasteiger partial charge on any atom is -0.479 e. The summed E-state index contributed by atoms with van der Waals surface area (Å²) in [6.45, 7) is 0.0697. The number of fused-ring (bicyclic) bond motifs is 1. The molecule has 2 heterocycles. The molecule has 1 aromatic heterocycles. The molecule has 6 nitrogen and oxygen atoms in total. The first-order valence-corrected chi connectivity index (χ1v) is 7.78. The highest BCUT2D eigenvalue weighted by molar-refractivity contribution is 7.99. The number of carbonyl (C=O) groups excluding carboxylic acids is 1. The van der Waals surface area contributed by atoms with Gasteiger partial charge in [-0.1, -0.05) is 12.1 Å². The second-order valence-corrected chi connectivity index (χ2v) is 6.20. The van der Waals surface area contributed by atoms with Gasteiger partial charge in [-0.15, -0.1) is 0 Å². The van der Waals surface area contributed by atoms with Gasteiger partial charge in [-0.3, -0.25) is 4.79 Å². The van der Waals surface area contributed by atoms with Gasteiger partial charge in [0.05, 0.1) is 17.4 Å². The number of para-hydroxylation sites is 2. The third kappa shape index (κ3) is 2.61. The lowest BCUT2D eigenvalue weighted by molar-refractivity contribution is -0.146. The van der Waals surface area contributed by atoms with Crippen LogP contribution in [0.2, 0.25) is 0 Å². The average Bonchev–Trinajstić information content (AvgIpc) is 3.08. The molecule has 1 saturated heterocycles. The molecule has 2 aromatic rings. The van der Waals surface area contributed by atoms with E-state index in [1.54, 1.807) is 22.7 Å². The molecule has 1 unspecified atom stereocenters. The zero-order valence-corrected chi connectivity index (χ0v) is 12.1. The highest BCUT2D eigenvalue weighted by Crippen LogP contribution is 2.28. The second kappa shape index (κ2) is 5.40. The Balaban J connectivity index is 1.76. The summed E-state index contributed by atoms with van der Waals surface area (Å²) in [6.07, 6.45) is 2.06. The lowest BCUT2D eigenvalue weighted by atomic mass is 9.99. The largest absolute Gasteiger partial charge is 0.479 e. The molecule has 0 aliphatic carbocycles. The van der Waals surface area contributed by atoms with Crippen LogP contribution in [0.3, 0.4) is 0 Å². The van der Waals surface area contributed by atoms with Crippen LogP contribution in [0.5, 0.6) is 0 Å². The monoisotopic (exact) mass is 305 g/mol. The Morgan fingerprint density at radius 1 is 1.43 bits per heavy atom. The number of rotatable bonds is 4. The number of imidazole rings is 1. The number of amides is 1. The first-order valence-electron chi connectivity index (χ1n) is 6.63. The standard InChI is InChI=1S/C14H15N3O3S/c18-12(16-14(13(19)20)5-6-21-8-14)7-17-9-15-10-3-1-2-4-11(10)17/h1-4,9H,5-8H2,(H,16,18)(H,19,20). The first-order chi connectivity index (χ1) is 10.1. The molecule has 0 saturated carbocycles. The van der Waals surface area contributed by atoms with Crippen molar-refractivity contribution in [3.63, 3.8) is 0 Å². The molecule has 7 heteroatoms. The number of nitrogens with zero attached hydrogens (tertiary/aromatic N) is 2. The Hall–Kier alpha value is -2.02. The highest BCUT2D eigenvalue weighted by Gasteiger charge is 2.43. The zero-order valence-electron chi connectivity index (χ0n) is 11.3. The predicted octanol–water partition coefficient (Wildman–Crippen LogP) is 1.11.